The molecular formula is C18H28N2O3. The van der Waals surface area contributed by atoms with Crippen molar-refractivity contribution in [2.45, 2.75) is 33.1 Å². The second kappa shape index (κ2) is 8.77. The van der Waals surface area contributed by atoms with Crippen molar-refractivity contribution >= 4 is 5.91 Å². The summed E-state index contributed by atoms with van der Waals surface area (Å²) in [7, 11) is 0. The monoisotopic (exact) mass is 320 g/mol. The Morgan fingerprint density at radius 1 is 1.17 bits per heavy atom. The molecule has 0 saturated carbocycles. The maximum atomic E-state index is 11.9. The number of ether oxygens (including phenoxy) is 2. The lowest BCUT2D eigenvalue weighted by molar-refractivity contribution is -0.123. The third-order valence-electron chi connectivity index (χ3n) is 4.19. The van der Waals surface area contributed by atoms with Crippen LogP contribution >= 0.6 is 0 Å². The molecule has 2 N–H and O–H groups in total. The van der Waals surface area contributed by atoms with Crippen molar-refractivity contribution in [1.82, 2.24) is 10.6 Å². The summed E-state index contributed by atoms with van der Waals surface area (Å²) in [5.41, 5.74) is 0.194. The summed E-state index contributed by atoms with van der Waals surface area (Å²) in [6, 6.07) is 7.37. The van der Waals surface area contributed by atoms with Crippen LogP contribution in [-0.4, -0.2) is 38.8 Å². The molecule has 5 heteroatoms. The van der Waals surface area contributed by atoms with Gasteiger partial charge in [-0.3, -0.25) is 4.79 Å². The van der Waals surface area contributed by atoms with Crippen LogP contribution in [0.1, 0.15) is 33.1 Å². The zero-order valence-corrected chi connectivity index (χ0v) is 14.2. The summed E-state index contributed by atoms with van der Waals surface area (Å²) in [5.74, 6) is 1.43. The lowest BCUT2D eigenvalue weighted by Gasteiger charge is -2.34. The molecule has 1 saturated heterocycles. The zero-order valence-electron chi connectivity index (χ0n) is 14.2. The second-order valence-electron chi connectivity index (χ2n) is 6.45. The smallest absolute Gasteiger partial charge is 0.257 e. The molecule has 0 atom stereocenters. The molecule has 1 aliphatic rings. The van der Waals surface area contributed by atoms with Crippen LogP contribution in [0.15, 0.2) is 24.3 Å². The Morgan fingerprint density at radius 3 is 2.39 bits per heavy atom. The fraction of sp³-hybridized carbons (Fsp3) is 0.611. The van der Waals surface area contributed by atoms with Gasteiger partial charge in [0.1, 0.15) is 11.5 Å². The summed E-state index contributed by atoms with van der Waals surface area (Å²) in [6.45, 7) is 7.80. The van der Waals surface area contributed by atoms with Crippen LogP contribution in [0.3, 0.4) is 0 Å². The Bertz CT molecular complexity index is 482. The van der Waals surface area contributed by atoms with Crippen LogP contribution < -0.4 is 20.1 Å². The van der Waals surface area contributed by atoms with Gasteiger partial charge in [-0.2, -0.15) is 0 Å². The summed E-state index contributed by atoms with van der Waals surface area (Å²) in [6.07, 6.45) is 3.16. The molecule has 1 amide bonds. The average Bonchev–Trinajstić information content (AvgIpc) is 2.58. The van der Waals surface area contributed by atoms with Crippen molar-refractivity contribution in [3.8, 4) is 11.5 Å². The number of benzene rings is 1. The average molecular weight is 320 g/mol. The van der Waals surface area contributed by atoms with Crippen LogP contribution in [0.5, 0.6) is 11.5 Å². The molecule has 2 rings (SSSR count). The first-order valence-corrected chi connectivity index (χ1v) is 8.44. The minimum absolute atomic E-state index is 0.0451. The fourth-order valence-corrected chi connectivity index (χ4v) is 2.57. The van der Waals surface area contributed by atoms with E-state index in [9.17, 15) is 4.79 Å². The van der Waals surface area contributed by atoms with Crippen LogP contribution in [0.2, 0.25) is 0 Å². The van der Waals surface area contributed by atoms with Gasteiger partial charge in [-0.05, 0) is 62.0 Å². The van der Waals surface area contributed by atoms with Crippen LogP contribution in [-0.2, 0) is 4.79 Å². The van der Waals surface area contributed by atoms with Crippen LogP contribution in [0, 0.1) is 5.41 Å². The highest BCUT2D eigenvalue weighted by atomic mass is 16.5. The predicted molar refractivity (Wildman–Crippen MR) is 90.9 cm³/mol. The van der Waals surface area contributed by atoms with Crippen molar-refractivity contribution in [2.75, 3.05) is 32.8 Å². The molecule has 1 aromatic rings. The number of hydrogen-bond donors (Lipinski definition) is 2. The number of nitrogens with one attached hydrogen (secondary N) is 2. The maximum Gasteiger partial charge on any atom is 0.257 e. The topological polar surface area (TPSA) is 59.6 Å². The predicted octanol–water partition coefficient (Wildman–Crippen LogP) is 2.36. The third kappa shape index (κ3) is 6.10. The molecule has 0 radical (unpaired) electrons. The molecule has 0 aliphatic carbocycles. The Morgan fingerprint density at radius 2 is 1.78 bits per heavy atom. The fourth-order valence-electron chi connectivity index (χ4n) is 2.57. The van der Waals surface area contributed by atoms with Crippen molar-refractivity contribution in [3.05, 3.63) is 24.3 Å². The van der Waals surface area contributed by atoms with E-state index in [4.69, 9.17) is 9.47 Å². The minimum Gasteiger partial charge on any atom is -0.494 e. The van der Waals surface area contributed by atoms with Crippen LogP contribution in [0.25, 0.3) is 0 Å². The minimum atomic E-state index is -0.0731. The summed E-state index contributed by atoms with van der Waals surface area (Å²) < 4.78 is 11.0. The molecule has 0 spiro atoms. The van der Waals surface area contributed by atoms with Gasteiger partial charge in [0.2, 0.25) is 0 Å². The quantitative estimate of drug-likeness (QED) is 0.772. The molecule has 0 aromatic heterocycles. The van der Waals surface area contributed by atoms with E-state index < -0.39 is 0 Å². The van der Waals surface area contributed by atoms with Crippen molar-refractivity contribution in [3.63, 3.8) is 0 Å². The largest absolute Gasteiger partial charge is 0.494 e. The molecule has 1 heterocycles. The van der Waals surface area contributed by atoms with E-state index in [1.54, 1.807) is 0 Å². The second-order valence-corrected chi connectivity index (χ2v) is 6.45. The lowest BCUT2D eigenvalue weighted by atomic mass is 9.81. The van der Waals surface area contributed by atoms with Crippen molar-refractivity contribution in [2.24, 2.45) is 5.41 Å². The molecule has 0 unspecified atom stereocenters. The van der Waals surface area contributed by atoms with Crippen molar-refractivity contribution in [1.29, 1.82) is 0 Å². The Hall–Kier alpha value is -1.75. The first-order valence-electron chi connectivity index (χ1n) is 8.44. The normalized spacial score (nSPS) is 16.6. The Labute approximate surface area is 138 Å². The van der Waals surface area contributed by atoms with Gasteiger partial charge in [-0.25, -0.2) is 0 Å². The zero-order chi connectivity index (χ0) is 16.5. The van der Waals surface area contributed by atoms with E-state index in [2.05, 4.69) is 24.5 Å². The SMILES string of the molecule is CCCOc1ccc(OCC(=O)NCC2(C)CCNCC2)cc1. The number of amides is 1. The van der Waals surface area contributed by atoms with E-state index in [1.165, 1.54) is 0 Å². The summed E-state index contributed by atoms with van der Waals surface area (Å²) >= 11 is 0. The van der Waals surface area contributed by atoms with Gasteiger partial charge in [-0.1, -0.05) is 13.8 Å². The lowest BCUT2D eigenvalue weighted by Crippen LogP contribution is -2.43. The number of carbonyl (C=O) groups excluding carboxylic acids is 1. The third-order valence-corrected chi connectivity index (χ3v) is 4.19. The number of rotatable bonds is 8. The molecule has 1 aromatic carbocycles. The molecule has 23 heavy (non-hydrogen) atoms. The van der Waals surface area contributed by atoms with E-state index >= 15 is 0 Å². The van der Waals surface area contributed by atoms with E-state index in [0.29, 0.717) is 18.9 Å². The molecular weight excluding hydrogens is 292 g/mol. The maximum absolute atomic E-state index is 11.9. The van der Waals surface area contributed by atoms with E-state index in [0.717, 1.165) is 38.1 Å². The number of carbonyl (C=O) groups is 1. The Kier molecular flexibility index (Phi) is 6.71. The highest BCUT2D eigenvalue weighted by Crippen LogP contribution is 2.26. The standard InChI is InChI=1S/C18H28N2O3/c1-3-12-22-15-4-6-16(7-5-15)23-13-17(21)20-14-18(2)8-10-19-11-9-18/h4-7,19H,3,8-14H2,1-2H3,(H,20,21). The first-order chi connectivity index (χ1) is 11.1. The molecule has 5 nitrogen and oxygen atoms in total. The van der Waals surface area contributed by atoms with Crippen LogP contribution in [0.4, 0.5) is 0 Å². The molecule has 0 bridgehead atoms. The molecule has 1 fully saturated rings. The van der Waals surface area contributed by atoms with Gasteiger partial charge in [0.25, 0.3) is 5.91 Å². The highest BCUT2D eigenvalue weighted by molar-refractivity contribution is 5.77. The van der Waals surface area contributed by atoms with Gasteiger partial charge in [0.15, 0.2) is 6.61 Å². The van der Waals surface area contributed by atoms with Gasteiger partial charge >= 0.3 is 0 Å². The highest BCUT2D eigenvalue weighted by Gasteiger charge is 2.26. The summed E-state index contributed by atoms with van der Waals surface area (Å²) in [4.78, 5) is 11.9. The van der Waals surface area contributed by atoms with Gasteiger partial charge in [-0.15, -0.1) is 0 Å². The first kappa shape index (κ1) is 17.6. The van der Waals surface area contributed by atoms with Crippen molar-refractivity contribution < 1.29 is 14.3 Å². The Balaban J connectivity index is 1.69. The molecule has 128 valence electrons. The molecule has 1 aliphatic heterocycles. The number of piperidine rings is 1. The van der Waals surface area contributed by atoms with E-state index in [-0.39, 0.29) is 17.9 Å². The van der Waals surface area contributed by atoms with E-state index in [1.807, 2.05) is 24.3 Å². The van der Waals surface area contributed by atoms with Gasteiger partial charge in [0, 0.05) is 6.54 Å². The number of hydrogen-bond acceptors (Lipinski definition) is 4. The van der Waals surface area contributed by atoms with Gasteiger partial charge in [0.05, 0.1) is 6.61 Å². The van der Waals surface area contributed by atoms with Gasteiger partial charge < -0.3 is 20.1 Å². The summed E-state index contributed by atoms with van der Waals surface area (Å²) in [5, 5.41) is 6.33.